The molecule has 0 fully saturated rings. The summed E-state index contributed by atoms with van der Waals surface area (Å²) in [5.41, 5.74) is 0. The first-order chi connectivity index (χ1) is 4.43. The Balaban J connectivity index is 3.28. The van der Waals surface area contributed by atoms with Crippen molar-refractivity contribution in [2.75, 3.05) is 7.05 Å². The van der Waals surface area contributed by atoms with Gasteiger partial charge in [0.1, 0.15) is 7.05 Å². The van der Waals surface area contributed by atoms with Crippen LogP contribution in [0.3, 0.4) is 0 Å². The summed E-state index contributed by atoms with van der Waals surface area (Å²) in [6, 6.07) is 12.1. The van der Waals surface area contributed by atoms with E-state index in [1.807, 2.05) is 43.4 Å². The molecule has 0 unspecified atom stereocenters. The first-order valence-electron chi connectivity index (χ1n) is 2.99. The summed E-state index contributed by atoms with van der Waals surface area (Å²) in [4.78, 5) is 3.05. The van der Waals surface area contributed by atoms with E-state index in [0.29, 0.717) is 0 Å². The van der Waals surface area contributed by atoms with Crippen molar-refractivity contribution in [1.82, 2.24) is 0 Å². The monoisotopic (exact) mass is 120 g/mol. The molecule has 0 bridgehead atoms. The van der Waals surface area contributed by atoms with Crippen LogP contribution in [0.25, 0.3) is 0 Å². The molecule has 1 N–H and O–H groups in total. The Kier molecular flexibility index (Phi) is 2.02. The van der Waals surface area contributed by atoms with Gasteiger partial charge in [-0.25, -0.2) is 4.99 Å². The van der Waals surface area contributed by atoms with Gasteiger partial charge in [0.25, 0.3) is 0 Å². The van der Waals surface area contributed by atoms with Crippen LogP contribution in [0.5, 0.6) is 0 Å². The van der Waals surface area contributed by atoms with E-state index in [0.717, 1.165) is 5.36 Å². The minimum absolute atomic E-state index is 1.14. The van der Waals surface area contributed by atoms with E-state index in [4.69, 9.17) is 0 Å². The Morgan fingerprint density at radius 2 is 1.56 bits per heavy atom. The van der Waals surface area contributed by atoms with Crippen LogP contribution in [0.15, 0.2) is 36.4 Å². The molecule has 0 aliphatic rings. The zero-order valence-corrected chi connectivity index (χ0v) is 5.46. The molecular formula is C8H10N+. The maximum absolute atomic E-state index is 3.05. The molecule has 0 amide bonds. The topological polar surface area (TPSA) is 14.0 Å². The van der Waals surface area contributed by atoms with Crippen molar-refractivity contribution in [3.8, 4) is 0 Å². The molecule has 0 saturated carbocycles. The minimum atomic E-state index is 1.14. The average molecular weight is 120 g/mol. The highest BCUT2D eigenvalue weighted by Crippen LogP contribution is 1.72. The fourth-order valence-corrected chi connectivity index (χ4v) is 0.669. The van der Waals surface area contributed by atoms with E-state index in [1.54, 1.807) is 0 Å². The maximum Gasteiger partial charge on any atom is 0.198 e. The zero-order valence-electron chi connectivity index (χ0n) is 5.46. The molecule has 1 aromatic rings. The first kappa shape index (κ1) is 6.02. The van der Waals surface area contributed by atoms with Crippen LogP contribution in [-0.4, -0.2) is 7.05 Å². The van der Waals surface area contributed by atoms with Crippen LogP contribution in [0.2, 0.25) is 0 Å². The quantitative estimate of drug-likeness (QED) is 0.465. The van der Waals surface area contributed by atoms with E-state index >= 15 is 0 Å². The van der Waals surface area contributed by atoms with Crippen molar-refractivity contribution < 1.29 is 4.99 Å². The van der Waals surface area contributed by atoms with Crippen molar-refractivity contribution in [2.45, 2.75) is 0 Å². The highest BCUT2D eigenvalue weighted by molar-refractivity contribution is 4.97. The molecule has 0 radical (unpaired) electrons. The fourth-order valence-electron chi connectivity index (χ4n) is 0.669. The van der Waals surface area contributed by atoms with Gasteiger partial charge in [0.15, 0.2) is 5.36 Å². The number of hydrogen-bond donors (Lipinski definition) is 1. The normalized spacial score (nSPS) is 8.56. The van der Waals surface area contributed by atoms with Gasteiger partial charge in [0.05, 0.1) is 0 Å². The van der Waals surface area contributed by atoms with Crippen LogP contribution < -0.4 is 10.3 Å². The standard InChI is InChI=1S/C8H9N/c1-9-8-6-4-2-3-5-7-8/h2-7H,1H3/p+1. The fraction of sp³-hybridized carbons (Fsp3) is 0.125. The number of nitrogens with one attached hydrogen (secondary N) is 1. The molecule has 0 aliphatic heterocycles. The Morgan fingerprint density at radius 1 is 1.00 bits per heavy atom. The van der Waals surface area contributed by atoms with Crippen molar-refractivity contribution in [3.63, 3.8) is 0 Å². The van der Waals surface area contributed by atoms with Gasteiger partial charge in [-0.05, 0) is 0 Å². The summed E-state index contributed by atoms with van der Waals surface area (Å²) in [5, 5.41) is 1.14. The van der Waals surface area contributed by atoms with Crippen LogP contribution in [0.4, 0.5) is 0 Å². The molecule has 0 spiro atoms. The SMILES string of the molecule is C[NH+]=c1cccccc1. The molecule has 0 atom stereocenters. The number of rotatable bonds is 0. The lowest BCUT2D eigenvalue weighted by molar-refractivity contribution is -0.465. The maximum atomic E-state index is 3.05. The Labute approximate surface area is 54.7 Å². The lowest BCUT2D eigenvalue weighted by Crippen LogP contribution is -2.71. The lowest BCUT2D eigenvalue weighted by atomic mass is 10.5. The van der Waals surface area contributed by atoms with Crippen LogP contribution in [0, 0.1) is 0 Å². The molecular weight excluding hydrogens is 110 g/mol. The second kappa shape index (κ2) is 3.02. The third-order valence-electron chi connectivity index (χ3n) is 1.17. The highest BCUT2D eigenvalue weighted by Gasteiger charge is 1.74. The van der Waals surface area contributed by atoms with Crippen LogP contribution in [-0.2, 0) is 0 Å². The minimum Gasteiger partial charge on any atom is -0.245 e. The predicted molar refractivity (Wildman–Crippen MR) is 36.5 cm³/mol. The van der Waals surface area contributed by atoms with Gasteiger partial charge in [-0.1, -0.05) is 24.3 Å². The van der Waals surface area contributed by atoms with Crippen molar-refractivity contribution >= 4 is 0 Å². The van der Waals surface area contributed by atoms with Gasteiger partial charge in [-0.2, -0.15) is 0 Å². The van der Waals surface area contributed by atoms with Gasteiger partial charge in [-0.15, -0.1) is 0 Å². The first-order valence-corrected chi connectivity index (χ1v) is 2.99. The molecule has 0 aromatic heterocycles. The molecule has 1 nitrogen and oxygen atoms in total. The molecule has 1 rings (SSSR count). The summed E-state index contributed by atoms with van der Waals surface area (Å²) in [5.74, 6) is 0. The largest absolute Gasteiger partial charge is 0.245 e. The van der Waals surface area contributed by atoms with Gasteiger partial charge < -0.3 is 0 Å². The highest BCUT2D eigenvalue weighted by atomic mass is 14.6. The summed E-state index contributed by atoms with van der Waals surface area (Å²) >= 11 is 0. The third-order valence-corrected chi connectivity index (χ3v) is 1.17. The van der Waals surface area contributed by atoms with Crippen molar-refractivity contribution in [3.05, 3.63) is 41.8 Å². The zero-order chi connectivity index (χ0) is 6.53. The van der Waals surface area contributed by atoms with Gasteiger partial charge in [-0.3, -0.25) is 0 Å². The molecule has 46 valence electrons. The summed E-state index contributed by atoms with van der Waals surface area (Å²) in [6.45, 7) is 0. The summed E-state index contributed by atoms with van der Waals surface area (Å²) < 4.78 is 0. The van der Waals surface area contributed by atoms with Crippen LogP contribution >= 0.6 is 0 Å². The van der Waals surface area contributed by atoms with Gasteiger partial charge >= 0.3 is 0 Å². The molecule has 1 aromatic carbocycles. The smallest absolute Gasteiger partial charge is 0.198 e. The van der Waals surface area contributed by atoms with Crippen LogP contribution in [0.1, 0.15) is 0 Å². The summed E-state index contributed by atoms with van der Waals surface area (Å²) in [6.07, 6.45) is 0. The number of hydrogen-bond acceptors (Lipinski definition) is 0. The Hall–Kier alpha value is -1.11. The Morgan fingerprint density at radius 3 is 2.00 bits per heavy atom. The average Bonchev–Trinajstić information content (AvgIpc) is 2.13. The van der Waals surface area contributed by atoms with Gasteiger partial charge in [0.2, 0.25) is 0 Å². The van der Waals surface area contributed by atoms with E-state index in [2.05, 4.69) is 4.99 Å². The van der Waals surface area contributed by atoms with E-state index < -0.39 is 0 Å². The predicted octanol–water partition coefficient (Wildman–Crippen LogP) is -0.702. The molecule has 0 aliphatic carbocycles. The molecule has 0 saturated heterocycles. The summed E-state index contributed by atoms with van der Waals surface area (Å²) in [7, 11) is 1.91. The lowest BCUT2D eigenvalue weighted by Gasteiger charge is -1.62. The van der Waals surface area contributed by atoms with Crippen molar-refractivity contribution in [2.24, 2.45) is 0 Å². The van der Waals surface area contributed by atoms with E-state index in [9.17, 15) is 0 Å². The Bertz CT molecular complexity index is 218. The molecule has 0 heterocycles. The second-order valence-corrected chi connectivity index (χ2v) is 1.81. The molecule has 1 heteroatoms. The molecule has 9 heavy (non-hydrogen) atoms. The second-order valence-electron chi connectivity index (χ2n) is 1.81. The van der Waals surface area contributed by atoms with Gasteiger partial charge in [0, 0.05) is 12.1 Å². The van der Waals surface area contributed by atoms with E-state index in [-0.39, 0.29) is 0 Å². The van der Waals surface area contributed by atoms with E-state index in [1.165, 1.54) is 0 Å². The van der Waals surface area contributed by atoms with Crippen molar-refractivity contribution in [1.29, 1.82) is 0 Å². The third kappa shape index (κ3) is 1.68.